The Kier molecular flexibility index (Phi) is 3.84. The Hall–Kier alpha value is -3.32. The molecule has 1 aliphatic heterocycles. The Labute approximate surface area is 166 Å². The van der Waals surface area contributed by atoms with Crippen LogP contribution in [0.4, 0.5) is 11.4 Å². The summed E-state index contributed by atoms with van der Waals surface area (Å²) in [4.78, 5) is 0. The lowest BCUT2D eigenvalue weighted by atomic mass is 9.62. The Bertz CT molecular complexity index is 1050. The molecule has 1 heterocycles. The molecule has 0 fully saturated rings. The minimum atomic E-state index is -0.351. The van der Waals surface area contributed by atoms with Gasteiger partial charge in [-0.05, 0) is 48.2 Å². The van der Waals surface area contributed by atoms with Gasteiger partial charge >= 0.3 is 0 Å². The van der Waals surface area contributed by atoms with E-state index in [-0.39, 0.29) is 5.41 Å². The smallest absolute Gasteiger partial charge is 0.0742 e. The quantitative estimate of drug-likeness (QED) is 0.367. The lowest BCUT2D eigenvalue weighted by Gasteiger charge is -2.43. The Morgan fingerprint density at radius 3 is 1.39 bits per heavy atom. The third-order valence-electron chi connectivity index (χ3n) is 5.84. The first-order valence-electron chi connectivity index (χ1n) is 9.80. The van der Waals surface area contributed by atoms with Crippen LogP contribution in [0.5, 0.6) is 0 Å². The van der Waals surface area contributed by atoms with Crippen molar-refractivity contribution in [1.29, 1.82) is 0 Å². The molecule has 0 spiro atoms. The highest BCUT2D eigenvalue weighted by Gasteiger charge is 2.44. The van der Waals surface area contributed by atoms with Gasteiger partial charge in [0, 0.05) is 11.4 Å². The average Bonchev–Trinajstić information content (AvgIpc) is 2.74. The van der Waals surface area contributed by atoms with Gasteiger partial charge in [0.25, 0.3) is 0 Å². The van der Waals surface area contributed by atoms with Crippen LogP contribution in [-0.2, 0) is 5.41 Å². The van der Waals surface area contributed by atoms with Crippen molar-refractivity contribution in [3.05, 3.63) is 130 Å². The number of rotatable bonds is 2. The van der Waals surface area contributed by atoms with Crippen molar-refractivity contribution in [3.63, 3.8) is 0 Å². The third kappa shape index (κ3) is 2.40. The maximum atomic E-state index is 3.69. The molecule has 1 heteroatoms. The number of aryl methyl sites for hydroxylation is 2. The first-order valence-corrected chi connectivity index (χ1v) is 9.80. The fourth-order valence-electron chi connectivity index (χ4n) is 4.61. The van der Waals surface area contributed by atoms with E-state index in [2.05, 4.69) is 116 Å². The SMILES string of the molecule is Cc1ccc2c(c1)C(c1ccccc1)(c1ccccc1)c1cc(C)ccc1N2. The summed E-state index contributed by atoms with van der Waals surface area (Å²) >= 11 is 0. The summed E-state index contributed by atoms with van der Waals surface area (Å²) < 4.78 is 0. The molecule has 0 aromatic heterocycles. The topological polar surface area (TPSA) is 12.0 Å². The van der Waals surface area contributed by atoms with E-state index >= 15 is 0 Å². The Balaban J connectivity index is 1.99. The van der Waals surface area contributed by atoms with E-state index in [0.717, 1.165) is 0 Å². The molecule has 0 saturated heterocycles. The zero-order valence-corrected chi connectivity index (χ0v) is 16.2. The molecular weight excluding hydrogens is 338 g/mol. The van der Waals surface area contributed by atoms with Gasteiger partial charge in [-0.15, -0.1) is 0 Å². The standard InChI is InChI=1S/C27H23N/c1-19-13-15-25-23(17-19)27(21-9-5-3-6-10-21,22-11-7-4-8-12-22)24-18-20(2)14-16-26(24)28-25/h3-18,28H,1-2H3. The van der Waals surface area contributed by atoms with Crippen LogP contribution in [-0.4, -0.2) is 0 Å². The number of fused-ring (bicyclic) bond motifs is 2. The average molecular weight is 361 g/mol. The van der Waals surface area contributed by atoms with Gasteiger partial charge < -0.3 is 5.32 Å². The summed E-state index contributed by atoms with van der Waals surface area (Å²) in [7, 11) is 0. The van der Waals surface area contributed by atoms with Crippen molar-refractivity contribution in [2.75, 3.05) is 5.32 Å². The van der Waals surface area contributed by atoms with Crippen molar-refractivity contribution in [2.45, 2.75) is 19.3 Å². The maximum Gasteiger partial charge on any atom is 0.0742 e. The minimum absolute atomic E-state index is 0.351. The van der Waals surface area contributed by atoms with Gasteiger partial charge in [-0.3, -0.25) is 0 Å². The van der Waals surface area contributed by atoms with Crippen LogP contribution in [0.1, 0.15) is 33.4 Å². The van der Waals surface area contributed by atoms with Gasteiger partial charge in [0.2, 0.25) is 0 Å². The van der Waals surface area contributed by atoms with Crippen molar-refractivity contribution < 1.29 is 0 Å². The first kappa shape index (κ1) is 16.8. The molecule has 0 unspecified atom stereocenters. The highest BCUT2D eigenvalue weighted by Crippen LogP contribution is 2.53. The van der Waals surface area contributed by atoms with Crippen LogP contribution in [0.2, 0.25) is 0 Å². The van der Waals surface area contributed by atoms with E-state index in [1.807, 2.05) is 0 Å². The Morgan fingerprint density at radius 2 is 0.964 bits per heavy atom. The molecule has 4 aromatic rings. The highest BCUT2D eigenvalue weighted by molar-refractivity contribution is 5.82. The molecular formula is C27H23N. The number of benzene rings is 4. The number of anilines is 2. The molecule has 5 rings (SSSR count). The maximum absolute atomic E-state index is 3.69. The molecule has 0 atom stereocenters. The monoisotopic (exact) mass is 361 g/mol. The molecule has 0 saturated carbocycles. The fourth-order valence-corrected chi connectivity index (χ4v) is 4.61. The van der Waals surface area contributed by atoms with Gasteiger partial charge in [0.1, 0.15) is 0 Å². The van der Waals surface area contributed by atoms with Crippen LogP contribution in [0, 0.1) is 13.8 Å². The summed E-state index contributed by atoms with van der Waals surface area (Å²) in [6.07, 6.45) is 0. The predicted octanol–water partition coefficient (Wildman–Crippen LogP) is 6.74. The largest absolute Gasteiger partial charge is 0.355 e. The summed E-state index contributed by atoms with van der Waals surface area (Å²) in [5.41, 5.74) is 9.75. The van der Waals surface area contributed by atoms with Gasteiger partial charge in [0.05, 0.1) is 5.41 Å². The summed E-state index contributed by atoms with van der Waals surface area (Å²) in [5, 5.41) is 3.69. The Morgan fingerprint density at radius 1 is 0.536 bits per heavy atom. The second-order valence-corrected chi connectivity index (χ2v) is 7.71. The molecule has 28 heavy (non-hydrogen) atoms. The molecule has 1 N–H and O–H groups in total. The number of hydrogen-bond acceptors (Lipinski definition) is 1. The second-order valence-electron chi connectivity index (χ2n) is 7.71. The van der Waals surface area contributed by atoms with Gasteiger partial charge in [-0.1, -0.05) is 96.1 Å². The summed E-state index contributed by atoms with van der Waals surface area (Å²) in [5.74, 6) is 0. The normalized spacial score (nSPS) is 13.9. The fraction of sp³-hybridized carbons (Fsp3) is 0.111. The van der Waals surface area contributed by atoms with Gasteiger partial charge in [0.15, 0.2) is 0 Å². The molecule has 0 amide bonds. The van der Waals surface area contributed by atoms with E-state index in [1.54, 1.807) is 0 Å². The first-order chi connectivity index (χ1) is 13.7. The van der Waals surface area contributed by atoms with E-state index in [9.17, 15) is 0 Å². The molecule has 0 bridgehead atoms. The molecule has 0 radical (unpaired) electrons. The van der Waals surface area contributed by atoms with E-state index in [1.165, 1.54) is 44.8 Å². The minimum Gasteiger partial charge on any atom is -0.355 e. The van der Waals surface area contributed by atoms with Crippen LogP contribution < -0.4 is 5.32 Å². The van der Waals surface area contributed by atoms with Crippen LogP contribution in [0.25, 0.3) is 0 Å². The zero-order chi connectivity index (χ0) is 19.1. The highest BCUT2D eigenvalue weighted by atomic mass is 14.9. The third-order valence-corrected chi connectivity index (χ3v) is 5.84. The van der Waals surface area contributed by atoms with Crippen molar-refractivity contribution >= 4 is 11.4 Å². The van der Waals surface area contributed by atoms with Gasteiger partial charge in [-0.25, -0.2) is 0 Å². The lowest BCUT2D eigenvalue weighted by molar-refractivity contribution is 0.738. The second kappa shape index (κ2) is 6.38. The summed E-state index contributed by atoms with van der Waals surface area (Å²) in [6.45, 7) is 4.35. The molecule has 1 nitrogen and oxygen atoms in total. The van der Waals surface area contributed by atoms with Crippen molar-refractivity contribution in [2.24, 2.45) is 0 Å². The van der Waals surface area contributed by atoms with Crippen LogP contribution in [0.3, 0.4) is 0 Å². The van der Waals surface area contributed by atoms with Crippen molar-refractivity contribution in [1.82, 2.24) is 0 Å². The van der Waals surface area contributed by atoms with Gasteiger partial charge in [-0.2, -0.15) is 0 Å². The molecule has 0 aliphatic carbocycles. The summed E-state index contributed by atoms with van der Waals surface area (Å²) in [6, 6.07) is 35.3. The molecule has 136 valence electrons. The molecule has 4 aromatic carbocycles. The van der Waals surface area contributed by atoms with E-state index in [0.29, 0.717) is 0 Å². The van der Waals surface area contributed by atoms with Crippen molar-refractivity contribution in [3.8, 4) is 0 Å². The number of hydrogen-bond donors (Lipinski definition) is 1. The zero-order valence-electron chi connectivity index (χ0n) is 16.2. The predicted molar refractivity (Wildman–Crippen MR) is 118 cm³/mol. The molecule has 1 aliphatic rings. The van der Waals surface area contributed by atoms with Crippen LogP contribution >= 0.6 is 0 Å². The van der Waals surface area contributed by atoms with Crippen LogP contribution in [0.15, 0.2) is 97.1 Å². The van der Waals surface area contributed by atoms with E-state index in [4.69, 9.17) is 0 Å². The van der Waals surface area contributed by atoms with E-state index < -0.39 is 0 Å². The lowest BCUT2D eigenvalue weighted by Crippen LogP contribution is -2.35. The number of nitrogens with one attached hydrogen (secondary N) is 1.